The molecule has 1 heterocycles. The topological polar surface area (TPSA) is 116 Å². The molecule has 0 aromatic heterocycles. The number of aliphatic hydroxyl groups excluding tert-OH is 4. The fourth-order valence-corrected chi connectivity index (χ4v) is 4.99. The monoisotopic (exact) mass is 464 g/mol. The first-order valence-corrected chi connectivity index (χ1v) is 13.1. The third kappa shape index (κ3) is 11.9. The van der Waals surface area contributed by atoms with Crippen LogP contribution in [0.4, 0.5) is 0 Å². The van der Waals surface area contributed by atoms with Crippen molar-refractivity contribution in [1.29, 1.82) is 0 Å². The van der Waals surface area contributed by atoms with Crippen molar-refractivity contribution >= 4 is 17.7 Å². The number of hydrogen-bond acceptors (Lipinski definition) is 8. The number of thioether (sulfide) groups is 1. The summed E-state index contributed by atoms with van der Waals surface area (Å²) in [5, 5.41) is 39.2. The molecule has 0 bridgehead atoms. The molecule has 184 valence electrons. The predicted molar refractivity (Wildman–Crippen MR) is 123 cm³/mol. The molecule has 1 aliphatic rings. The minimum Gasteiger partial charge on any atom is -0.463 e. The van der Waals surface area contributed by atoms with Crippen molar-refractivity contribution in [3.63, 3.8) is 0 Å². The highest BCUT2D eigenvalue weighted by molar-refractivity contribution is 7.99. The SMILES string of the molecule is CCCCCCCC(CCCCCC)SCCC(=O)OC[C@H]1OC(O)[C@@H](O)[C@@H](O)[C@@H]1O. The second kappa shape index (κ2) is 17.1. The number of carbonyl (C=O) groups is 1. The summed E-state index contributed by atoms with van der Waals surface area (Å²) in [6.07, 6.45) is 6.75. The van der Waals surface area contributed by atoms with Crippen molar-refractivity contribution in [3.05, 3.63) is 0 Å². The van der Waals surface area contributed by atoms with Crippen LogP contribution in [0.5, 0.6) is 0 Å². The Kier molecular flexibility index (Phi) is 15.8. The van der Waals surface area contributed by atoms with E-state index in [1.165, 1.54) is 70.6 Å². The van der Waals surface area contributed by atoms with Gasteiger partial charge in [-0.2, -0.15) is 11.8 Å². The van der Waals surface area contributed by atoms with Crippen molar-refractivity contribution in [3.8, 4) is 0 Å². The Labute approximate surface area is 191 Å². The quantitative estimate of drug-likeness (QED) is 0.192. The minimum absolute atomic E-state index is 0.266. The highest BCUT2D eigenvalue weighted by Gasteiger charge is 2.43. The Morgan fingerprint density at radius 3 is 2.06 bits per heavy atom. The third-order valence-corrected chi connectivity index (χ3v) is 7.15. The van der Waals surface area contributed by atoms with Crippen LogP contribution in [0.3, 0.4) is 0 Å². The van der Waals surface area contributed by atoms with Gasteiger partial charge in [-0.3, -0.25) is 4.79 Å². The molecule has 1 rings (SSSR count). The number of aliphatic hydroxyl groups is 4. The summed E-state index contributed by atoms with van der Waals surface area (Å²) < 4.78 is 10.2. The Hall–Kier alpha value is -0.380. The zero-order valence-electron chi connectivity index (χ0n) is 19.3. The fourth-order valence-electron chi connectivity index (χ4n) is 3.71. The van der Waals surface area contributed by atoms with E-state index < -0.39 is 36.7 Å². The molecule has 1 saturated heterocycles. The minimum atomic E-state index is -1.62. The number of rotatable bonds is 17. The molecular weight excluding hydrogens is 420 g/mol. The van der Waals surface area contributed by atoms with Crippen LogP contribution < -0.4 is 0 Å². The van der Waals surface area contributed by atoms with Gasteiger partial charge < -0.3 is 29.9 Å². The van der Waals surface area contributed by atoms with E-state index in [4.69, 9.17) is 9.47 Å². The summed E-state index contributed by atoms with van der Waals surface area (Å²) in [5.41, 5.74) is 0. The van der Waals surface area contributed by atoms with E-state index in [9.17, 15) is 25.2 Å². The first-order chi connectivity index (χ1) is 14.9. The van der Waals surface area contributed by atoms with E-state index in [1.807, 2.05) is 11.8 Å². The lowest BCUT2D eigenvalue weighted by molar-refractivity contribution is -0.287. The fraction of sp³-hybridized carbons (Fsp3) is 0.957. The number of hydrogen-bond donors (Lipinski definition) is 4. The summed E-state index contributed by atoms with van der Waals surface area (Å²) in [5.74, 6) is 0.288. The van der Waals surface area contributed by atoms with Crippen molar-refractivity contribution in [1.82, 2.24) is 0 Å². The molecule has 0 aromatic carbocycles. The van der Waals surface area contributed by atoms with Gasteiger partial charge in [-0.25, -0.2) is 0 Å². The van der Waals surface area contributed by atoms with Crippen molar-refractivity contribution < 1.29 is 34.7 Å². The smallest absolute Gasteiger partial charge is 0.306 e. The zero-order chi connectivity index (χ0) is 23.1. The van der Waals surface area contributed by atoms with Gasteiger partial charge in [-0.15, -0.1) is 0 Å². The van der Waals surface area contributed by atoms with Gasteiger partial charge in [-0.1, -0.05) is 71.6 Å². The number of unbranched alkanes of at least 4 members (excludes halogenated alkanes) is 7. The molecule has 0 spiro atoms. The predicted octanol–water partition coefficient (Wildman–Crippen LogP) is 3.15. The van der Waals surface area contributed by atoms with Crippen molar-refractivity contribution in [2.45, 2.75) is 127 Å². The van der Waals surface area contributed by atoms with Crippen LogP contribution in [-0.2, 0) is 14.3 Å². The van der Waals surface area contributed by atoms with Crippen LogP contribution in [0.1, 0.15) is 90.9 Å². The molecule has 1 aliphatic heterocycles. The van der Waals surface area contributed by atoms with Crippen LogP contribution >= 0.6 is 11.8 Å². The van der Waals surface area contributed by atoms with E-state index in [2.05, 4.69) is 13.8 Å². The van der Waals surface area contributed by atoms with Gasteiger partial charge in [0.25, 0.3) is 0 Å². The summed E-state index contributed by atoms with van der Waals surface area (Å²) >= 11 is 1.84. The average molecular weight is 465 g/mol. The highest BCUT2D eigenvalue weighted by Crippen LogP contribution is 2.25. The second-order valence-electron chi connectivity index (χ2n) is 8.51. The van der Waals surface area contributed by atoms with Crippen molar-refractivity contribution in [2.24, 2.45) is 0 Å². The lowest BCUT2D eigenvalue weighted by Crippen LogP contribution is -2.58. The number of carbonyl (C=O) groups excluding carboxylic acids is 1. The standard InChI is InChI=1S/C23H44O7S/c1-3-5-7-9-11-13-17(12-10-8-6-4-2)31-15-14-19(24)29-16-18-20(25)21(26)22(27)23(28)30-18/h17-18,20-23,25-28H,3-16H2,1-2H3/t17?,18-,20-,21+,22+,23?/m1/s1. The Morgan fingerprint density at radius 1 is 0.871 bits per heavy atom. The highest BCUT2D eigenvalue weighted by atomic mass is 32.2. The molecule has 0 saturated carbocycles. The maximum atomic E-state index is 12.1. The summed E-state index contributed by atoms with van der Waals surface area (Å²) in [6, 6.07) is 0. The summed E-state index contributed by atoms with van der Waals surface area (Å²) in [4.78, 5) is 12.1. The van der Waals surface area contributed by atoms with Crippen molar-refractivity contribution in [2.75, 3.05) is 12.4 Å². The Morgan fingerprint density at radius 2 is 1.45 bits per heavy atom. The molecule has 31 heavy (non-hydrogen) atoms. The van der Waals surface area contributed by atoms with E-state index in [0.29, 0.717) is 11.0 Å². The van der Waals surface area contributed by atoms with E-state index in [0.717, 1.165) is 0 Å². The van der Waals surface area contributed by atoms with E-state index in [-0.39, 0.29) is 13.0 Å². The summed E-state index contributed by atoms with van der Waals surface area (Å²) in [6.45, 7) is 4.16. The molecule has 1 fully saturated rings. The van der Waals surface area contributed by atoms with Gasteiger partial charge in [0.1, 0.15) is 31.0 Å². The molecule has 0 amide bonds. The van der Waals surface area contributed by atoms with Gasteiger partial charge >= 0.3 is 5.97 Å². The average Bonchev–Trinajstić information content (AvgIpc) is 2.76. The van der Waals surface area contributed by atoms with E-state index >= 15 is 0 Å². The van der Waals surface area contributed by atoms with Gasteiger partial charge in [0.15, 0.2) is 6.29 Å². The first-order valence-electron chi connectivity index (χ1n) is 12.1. The maximum Gasteiger partial charge on any atom is 0.306 e. The largest absolute Gasteiger partial charge is 0.463 e. The summed E-state index contributed by atoms with van der Waals surface area (Å²) in [7, 11) is 0. The Balaban J connectivity index is 2.30. The molecule has 0 radical (unpaired) electrons. The van der Waals surface area contributed by atoms with Gasteiger partial charge in [0.2, 0.25) is 0 Å². The van der Waals surface area contributed by atoms with Crippen LogP contribution in [-0.4, -0.2) is 74.7 Å². The van der Waals surface area contributed by atoms with E-state index in [1.54, 1.807) is 0 Å². The van der Waals surface area contributed by atoms with Gasteiger partial charge in [0, 0.05) is 11.0 Å². The molecule has 2 unspecified atom stereocenters. The third-order valence-electron chi connectivity index (χ3n) is 5.76. The number of esters is 1. The molecule has 8 heteroatoms. The molecule has 0 aromatic rings. The molecular formula is C23H44O7S. The normalized spacial score (nSPS) is 27.2. The van der Waals surface area contributed by atoms with Crippen LogP contribution in [0, 0.1) is 0 Å². The zero-order valence-corrected chi connectivity index (χ0v) is 20.1. The number of ether oxygens (including phenoxy) is 2. The Bertz CT molecular complexity index is 465. The molecule has 6 atom stereocenters. The van der Waals surface area contributed by atoms with Crippen LogP contribution in [0.15, 0.2) is 0 Å². The van der Waals surface area contributed by atoms with Crippen LogP contribution in [0.2, 0.25) is 0 Å². The molecule has 7 nitrogen and oxygen atoms in total. The first kappa shape index (κ1) is 28.7. The van der Waals surface area contributed by atoms with Gasteiger partial charge in [-0.05, 0) is 12.8 Å². The van der Waals surface area contributed by atoms with Gasteiger partial charge in [0.05, 0.1) is 6.42 Å². The molecule has 0 aliphatic carbocycles. The lowest BCUT2D eigenvalue weighted by Gasteiger charge is -2.37. The lowest BCUT2D eigenvalue weighted by atomic mass is 9.99. The van der Waals surface area contributed by atoms with Crippen LogP contribution in [0.25, 0.3) is 0 Å². The molecule has 4 N–H and O–H groups in total. The second-order valence-corrected chi connectivity index (χ2v) is 9.92. The maximum absolute atomic E-state index is 12.1.